The number of carbonyl (C=O) groups is 1. The molecule has 0 aliphatic carbocycles. The molecule has 0 aliphatic rings. The van der Waals surface area contributed by atoms with Gasteiger partial charge in [0.1, 0.15) is 0 Å². The van der Waals surface area contributed by atoms with Crippen LogP contribution in [0, 0.1) is 0 Å². The van der Waals surface area contributed by atoms with Gasteiger partial charge in [-0.3, -0.25) is 9.78 Å². The number of benzene rings is 1. The average molecular weight is 278 g/mol. The quantitative estimate of drug-likeness (QED) is 0.806. The highest BCUT2D eigenvalue weighted by molar-refractivity contribution is 6.34. The summed E-state index contributed by atoms with van der Waals surface area (Å²) in [5.74, 6) is 0.881. The van der Waals surface area contributed by atoms with Crippen molar-refractivity contribution in [2.24, 2.45) is 0 Å². The van der Waals surface area contributed by atoms with E-state index in [-0.39, 0.29) is 5.78 Å². The van der Waals surface area contributed by atoms with Crippen molar-refractivity contribution in [3.05, 3.63) is 52.8 Å². The van der Waals surface area contributed by atoms with Crippen LogP contribution in [0.3, 0.4) is 0 Å². The van der Waals surface area contributed by atoms with Gasteiger partial charge in [0.05, 0.1) is 19.2 Å². The Morgan fingerprint density at radius 3 is 2.53 bits per heavy atom. The summed E-state index contributed by atoms with van der Waals surface area (Å²) in [6.45, 7) is 0. The lowest BCUT2D eigenvalue weighted by atomic mass is 10.0. The van der Waals surface area contributed by atoms with Crippen LogP contribution in [0.1, 0.15) is 15.9 Å². The van der Waals surface area contributed by atoms with Crippen molar-refractivity contribution in [2.45, 2.75) is 0 Å². The van der Waals surface area contributed by atoms with Crippen molar-refractivity contribution in [3.63, 3.8) is 0 Å². The van der Waals surface area contributed by atoms with E-state index < -0.39 is 0 Å². The third-order valence-electron chi connectivity index (χ3n) is 2.66. The number of nitrogens with zero attached hydrogens (tertiary/aromatic N) is 1. The first kappa shape index (κ1) is 13.4. The van der Waals surface area contributed by atoms with Gasteiger partial charge in [-0.15, -0.1) is 0 Å². The summed E-state index contributed by atoms with van der Waals surface area (Å²) in [4.78, 5) is 16.2. The highest BCUT2D eigenvalue weighted by Gasteiger charge is 2.15. The molecule has 2 aromatic rings. The molecular formula is C14H12ClNO3. The lowest BCUT2D eigenvalue weighted by molar-refractivity contribution is 0.103. The number of ether oxygens (including phenoxy) is 2. The van der Waals surface area contributed by atoms with Crippen molar-refractivity contribution >= 4 is 17.4 Å². The molecule has 0 amide bonds. The van der Waals surface area contributed by atoms with Gasteiger partial charge in [0.2, 0.25) is 0 Å². The number of pyridine rings is 1. The number of halogens is 1. The van der Waals surface area contributed by atoms with E-state index in [9.17, 15) is 4.79 Å². The van der Waals surface area contributed by atoms with Crippen LogP contribution in [0.15, 0.2) is 36.7 Å². The first-order valence-corrected chi connectivity index (χ1v) is 5.91. The number of carbonyl (C=O) groups excluding carboxylic acids is 1. The Balaban J connectivity index is 2.42. The zero-order valence-corrected chi connectivity index (χ0v) is 11.3. The lowest BCUT2D eigenvalue weighted by Crippen LogP contribution is -2.03. The standard InChI is InChI=1S/C14H12ClNO3/c1-18-12-4-3-9(7-13(12)19-2)14(17)10-5-6-16-8-11(10)15/h3-8H,1-2H3. The minimum atomic E-state index is -0.187. The van der Waals surface area contributed by atoms with Crippen LogP contribution in [0.25, 0.3) is 0 Å². The van der Waals surface area contributed by atoms with Crippen LogP contribution in [0.2, 0.25) is 5.02 Å². The van der Waals surface area contributed by atoms with Gasteiger partial charge in [0, 0.05) is 23.5 Å². The summed E-state index contributed by atoms with van der Waals surface area (Å²) in [5.41, 5.74) is 0.884. The second-order valence-corrected chi connectivity index (χ2v) is 4.16. The molecule has 0 N–H and O–H groups in total. The Morgan fingerprint density at radius 2 is 1.89 bits per heavy atom. The molecule has 0 saturated heterocycles. The average Bonchev–Trinajstić information content (AvgIpc) is 2.46. The fourth-order valence-electron chi connectivity index (χ4n) is 1.69. The maximum Gasteiger partial charge on any atom is 0.194 e. The Kier molecular flexibility index (Phi) is 4.02. The summed E-state index contributed by atoms with van der Waals surface area (Å²) in [6.07, 6.45) is 2.97. The minimum Gasteiger partial charge on any atom is -0.493 e. The Bertz CT molecular complexity index is 613. The van der Waals surface area contributed by atoms with Crippen molar-refractivity contribution in [1.82, 2.24) is 4.98 Å². The van der Waals surface area contributed by atoms with Gasteiger partial charge in [0.15, 0.2) is 17.3 Å². The maximum atomic E-state index is 12.3. The van der Waals surface area contributed by atoms with E-state index in [4.69, 9.17) is 21.1 Å². The number of rotatable bonds is 4. The first-order chi connectivity index (χ1) is 9.17. The van der Waals surface area contributed by atoms with Gasteiger partial charge in [-0.1, -0.05) is 11.6 Å². The van der Waals surface area contributed by atoms with E-state index in [1.54, 1.807) is 31.4 Å². The van der Waals surface area contributed by atoms with E-state index in [0.29, 0.717) is 27.6 Å². The topological polar surface area (TPSA) is 48.4 Å². The zero-order valence-electron chi connectivity index (χ0n) is 10.5. The highest BCUT2D eigenvalue weighted by Crippen LogP contribution is 2.29. The molecular weight excluding hydrogens is 266 g/mol. The molecule has 0 aliphatic heterocycles. The smallest absolute Gasteiger partial charge is 0.194 e. The van der Waals surface area contributed by atoms with E-state index in [1.807, 2.05) is 0 Å². The molecule has 98 valence electrons. The van der Waals surface area contributed by atoms with Gasteiger partial charge >= 0.3 is 0 Å². The monoisotopic (exact) mass is 277 g/mol. The van der Waals surface area contributed by atoms with Gasteiger partial charge in [-0.2, -0.15) is 0 Å². The third-order valence-corrected chi connectivity index (χ3v) is 2.96. The van der Waals surface area contributed by atoms with Crippen LogP contribution in [0.5, 0.6) is 11.5 Å². The molecule has 0 fully saturated rings. The molecule has 0 atom stereocenters. The molecule has 0 saturated carbocycles. The molecule has 0 spiro atoms. The van der Waals surface area contributed by atoms with Gasteiger partial charge in [-0.25, -0.2) is 0 Å². The molecule has 1 aromatic heterocycles. The fraction of sp³-hybridized carbons (Fsp3) is 0.143. The normalized spacial score (nSPS) is 10.1. The molecule has 19 heavy (non-hydrogen) atoms. The van der Waals surface area contributed by atoms with Crippen LogP contribution in [-0.2, 0) is 0 Å². The van der Waals surface area contributed by atoms with Crippen molar-refractivity contribution in [2.75, 3.05) is 14.2 Å². The van der Waals surface area contributed by atoms with E-state index in [2.05, 4.69) is 4.98 Å². The number of ketones is 1. The molecule has 1 heterocycles. The zero-order chi connectivity index (χ0) is 13.8. The lowest BCUT2D eigenvalue weighted by Gasteiger charge is -2.09. The highest BCUT2D eigenvalue weighted by atomic mass is 35.5. The first-order valence-electron chi connectivity index (χ1n) is 5.53. The van der Waals surface area contributed by atoms with E-state index in [0.717, 1.165) is 0 Å². The molecule has 0 unspecified atom stereocenters. The number of hydrogen-bond acceptors (Lipinski definition) is 4. The molecule has 1 aromatic carbocycles. The van der Waals surface area contributed by atoms with E-state index >= 15 is 0 Å². The molecule has 5 heteroatoms. The van der Waals surface area contributed by atoms with Crippen molar-refractivity contribution < 1.29 is 14.3 Å². The molecule has 4 nitrogen and oxygen atoms in total. The predicted molar refractivity (Wildman–Crippen MR) is 72.2 cm³/mol. The number of aromatic nitrogens is 1. The summed E-state index contributed by atoms with van der Waals surface area (Å²) >= 11 is 5.96. The van der Waals surface area contributed by atoms with Crippen LogP contribution in [-0.4, -0.2) is 25.0 Å². The molecule has 2 rings (SSSR count). The van der Waals surface area contributed by atoms with Crippen molar-refractivity contribution in [1.29, 1.82) is 0 Å². The number of methoxy groups -OCH3 is 2. The van der Waals surface area contributed by atoms with Gasteiger partial charge < -0.3 is 9.47 Å². The van der Waals surface area contributed by atoms with Gasteiger partial charge in [0.25, 0.3) is 0 Å². The van der Waals surface area contributed by atoms with Gasteiger partial charge in [-0.05, 0) is 24.3 Å². The Hall–Kier alpha value is -2.07. The third kappa shape index (κ3) is 2.69. The maximum absolute atomic E-state index is 12.3. The predicted octanol–water partition coefficient (Wildman–Crippen LogP) is 2.98. The minimum absolute atomic E-state index is 0.187. The Labute approximate surface area is 115 Å². The summed E-state index contributed by atoms with van der Waals surface area (Å²) in [6, 6.07) is 6.56. The second kappa shape index (κ2) is 5.71. The van der Waals surface area contributed by atoms with Crippen molar-refractivity contribution in [3.8, 4) is 11.5 Å². The second-order valence-electron chi connectivity index (χ2n) is 3.75. The molecule has 0 bridgehead atoms. The largest absolute Gasteiger partial charge is 0.493 e. The van der Waals surface area contributed by atoms with Crippen LogP contribution < -0.4 is 9.47 Å². The molecule has 0 radical (unpaired) electrons. The van der Waals surface area contributed by atoms with Crippen LogP contribution >= 0.6 is 11.6 Å². The Morgan fingerprint density at radius 1 is 1.16 bits per heavy atom. The summed E-state index contributed by atoms with van der Waals surface area (Å²) in [7, 11) is 3.06. The summed E-state index contributed by atoms with van der Waals surface area (Å²) in [5, 5.41) is 0.322. The van der Waals surface area contributed by atoms with E-state index in [1.165, 1.54) is 19.5 Å². The SMILES string of the molecule is COc1ccc(C(=O)c2ccncc2Cl)cc1OC. The summed E-state index contributed by atoms with van der Waals surface area (Å²) < 4.78 is 10.3. The fourth-order valence-corrected chi connectivity index (χ4v) is 1.90. The number of hydrogen-bond donors (Lipinski definition) is 0. The van der Waals surface area contributed by atoms with Crippen LogP contribution in [0.4, 0.5) is 0 Å².